The number of piperidine rings is 1. The summed E-state index contributed by atoms with van der Waals surface area (Å²) in [5.41, 5.74) is 0.595. The van der Waals surface area contributed by atoms with Crippen molar-refractivity contribution in [3.05, 3.63) is 54.6 Å². The Hall–Kier alpha value is -2.27. The van der Waals surface area contributed by atoms with Crippen LogP contribution in [0.25, 0.3) is 0 Å². The molecule has 2 aliphatic rings. The quantitative estimate of drug-likeness (QED) is 0.612. The summed E-state index contributed by atoms with van der Waals surface area (Å²) in [5.74, 6) is -0.127. The van der Waals surface area contributed by atoms with E-state index in [1.807, 2.05) is 13.0 Å². The third kappa shape index (κ3) is 5.46. The summed E-state index contributed by atoms with van der Waals surface area (Å²) in [6.07, 6.45) is 3.20. The van der Waals surface area contributed by atoms with Gasteiger partial charge in [0.15, 0.2) is 0 Å². The van der Waals surface area contributed by atoms with Gasteiger partial charge in [0.05, 0.1) is 16.3 Å². The smallest absolute Gasteiger partial charge is 0.243 e. The van der Waals surface area contributed by atoms with E-state index < -0.39 is 26.0 Å². The van der Waals surface area contributed by atoms with Crippen LogP contribution in [0, 0.1) is 5.92 Å². The second kappa shape index (κ2) is 9.54. The zero-order chi connectivity index (χ0) is 23.6. The van der Waals surface area contributed by atoms with Gasteiger partial charge in [-0.2, -0.15) is 8.61 Å². The van der Waals surface area contributed by atoms with Crippen LogP contribution in [0.1, 0.15) is 32.6 Å². The van der Waals surface area contributed by atoms with Crippen molar-refractivity contribution in [2.45, 2.75) is 48.4 Å². The summed E-state index contributed by atoms with van der Waals surface area (Å²) in [4.78, 5) is 12.6. The van der Waals surface area contributed by atoms with E-state index in [1.54, 1.807) is 24.3 Å². The van der Waals surface area contributed by atoms with Crippen LogP contribution in [0.4, 0.5) is 5.69 Å². The molecule has 0 radical (unpaired) electrons. The molecule has 1 saturated heterocycles. The van der Waals surface area contributed by atoms with Gasteiger partial charge in [-0.15, -0.1) is 0 Å². The minimum absolute atomic E-state index is 0.0205. The van der Waals surface area contributed by atoms with Crippen molar-refractivity contribution in [1.29, 1.82) is 0 Å². The molecule has 2 fully saturated rings. The van der Waals surface area contributed by atoms with Crippen LogP contribution in [0.2, 0.25) is 0 Å². The maximum Gasteiger partial charge on any atom is 0.243 e. The third-order valence-corrected chi connectivity index (χ3v) is 9.79. The Morgan fingerprint density at radius 1 is 0.970 bits per heavy atom. The number of nitrogens with one attached hydrogen (secondary N) is 1. The van der Waals surface area contributed by atoms with E-state index >= 15 is 0 Å². The molecule has 1 amide bonds. The number of carbonyl (C=O) groups is 1. The molecular formula is C23H29N3O5S2. The van der Waals surface area contributed by atoms with Gasteiger partial charge >= 0.3 is 0 Å². The molecule has 178 valence electrons. The lowest BCUT2D eigenvalue weighted by Crippen LogP contribution is -2.40. The van der Waals surface area contributed by atoms with Crippen LogP contribution < -0.4 is 5.32 Å². The van der Waals surface area contributed by atoms with Crippen LogP contribution in [0.15, 0.2) is 64.4 Å². The van der Waals surface area contributed by atoms with Gasteiger partial charge in [0.1, 0.15) is 0 Å². The SMILES string of the molecule is CC1CCCN(S(=O)(=O)c2ccc(S(=O)(=O)N(CC(=O)Nc3ccccc3)C3CC3)cc2)C1. The lowest BCUT2D eigenvalue weighted by Gasteiger charge is -2.30. The van der Waals surface area contributed by atoms with Crippen molar-refractivity contribution in [3.63, 3.8) is 0 Å². The van der Waals surface area contributed by atoms with E-state index in [0.29, 0.717) is 37.5 Å². The van der Waals surface area contributed by atoms with E-state index in [4.69, 9.17) is 0 Å². The normalized spacial score (nSPS) is 20.0. The van der Waals surface area contributed by atoms with Gasteiger partial charge in [0.2, 0.25) is 26.0 Å². The Morgan fingerprint density at radius 2 is 1.61 bits per heavy atom. The maximum absolute atomic E-state index is 13.3. The third-order valence-electron chi connectivity index (χ3n) is 6.00. The summed E-state index contributed by atoms with van der Waals surface area (Å²) >= 11 is 0. The van der Waals surface area contributed by atoms with E-state index in [2.05, 4.69) is 5.32 Å². The summed E-state index contributed by atoms with van der Waals surface area (Å²) in [6, 6.07) is 14.0. The molecule has 0 aromatic heterocycles. The molecule has 1 saturated carbocycles. The van der Waals surface area contributed by atoms with Gasteiger partial charge < -0.3 is 5.32 Å². The minimum Gasteiger partial charge on any atom is -0.325 e. The first-order chi connectivity index (χ1) is 15.7. The molecule has 4 rings (SSSR count). The fourth-order valence-corrected chi connectivity index (χ4v) is 7.31. The molecule has 1 atom stereocenters. The van der Waals surface area contributed by atoms with Crippen LogP contribution >= 0.6 is 0 Å². The average Bonchev–Trinajstić information content (AvgIpc) is 3.63. The summed E-state index contributed by atoms with van der Waals surface area (Å²) < 4.78 is 55.2. The highest BCUT2D eigenvalue weighted by Crippen LogP contribution is 2.32. The molecule has 2 aromatic rings. The van der Waals surface area contributed by atoms with Gasteiger partial charge in [0, 0.05) is 24.8 Å². The lowest BCUT2D eigenvalue weighted by atomic mass is 10.0. The molecule has 8 nitrogen and oxygen atoms in total. The number of para-hydroxylation sites is 1. The second-order valence-corrected chi connectivity index (χ2v) is 12.6. The molecule has 0 bridgehead atoms. The molecule has 33 heavy (non-hydrogen) atoms. The molecule has 1 heterocycles. The molecule has 1 N–H and O–H groups in total. The monoisotopic (exact) mass is 491 g/mol. The predicted octanol–water partition coefficient (Wildman–Crippen LogP) is 2.90. The Kier molecular flexibility index (Phi) is 6.90. The number of carbonyl (C=O) groups excluding carboxylic acids is 1. The Balaban J connectivity index is 1.51. The van der Waals surface area contributed by atoms with Crippen molar-refractivity contribution >= 4 is 31.6 Å². The van der Waals surface area contributed by atoms with E-state index in [1.165, 1.54) is 32.9 Å². The average molecular weight is 492 g/mol. The van der Waals surface area contributed by atoms with E-state index in [9.17, 15) is 21.6 Å². The maximum atomic E-state index is 13.3. The highest BCUT2D eigenvalue weighted by atomic mass is 32.2. The van der Waals surface area contributed by atoms with Gasteiger partial charge in [-0.05, 0) is 68.0 Å². The van der Waals surface area contributed by atoms with Crippen molar-refractivity contribution in [3.8, 4) is 0 Å². The summed E-state index contributed by atoms with van der Waals surface area (Å²) in [6.45, 7) is 2.67. The Labute approximate surface area is 195 Å². The number of rotatable bonds is 8. The molecule has 1 aliphatic heterocycles. The largest absolute Gasteiger partial charge is 0.325 e. The van der Waals surface area contributed by atoms with E-state index in [-0.39, 0.29) is 22.4 Å². The van der Waals surface area contributed by atoms with Crippen molar-refractivity contribution in [2.24, 2.45) is 5.92 Å². The fraction of sp³-hybridized carbons (Fsp3) is 0.435. The van der Waals surface area contributed by atoms with Crippen LogP contribution in [0.3, 0.4) is 0 Å². The van der Waals surface area contributed by atoms with Gasteiger partial charge in [0.25, 0.3) is 0 Å². The Bertz CT molecular complexity index is 1190. The van der Waals surface area contributed by atoms with Gasteiger partial charge in [-0.1, -0.05) is 25.1 Å². The van der Waals surface area contributed by atoms with Crippen molar-refractivity contribution < 1.29 is 21.6 Å². The standard InChI is InChI=1S/C23H29N3O5S2/c1-18-6-5-15-25(16-18)32(28,29)21-11-13-22(14-12-21)33(30,31)26(20-9-10-20)17-23(27)24-19-7-3-2-4-8-19/h2-4,7-8,11-14,18,20H,5-6,9-10,15-17H2,1H3,(H,24,27). The second-order valence-electron chi connectivity index (χ2n) is 8.78. The number of benzene rings is 2. The predicted molar refractivity (Wildman–Crippen MR) is 126 cm³/mol. The van der Waals surface area contributed by atoms with Crippen molar-refractivity contribution in [2.75, 3.05) is 25.0 Å². The van der Waals surface area contributed by atoms with Crippen LogP contribution in [0.5, 0.6) is 0 Å². The number of sulfonamides is 2. The molecule has 1 aliphatic carbocycles. The first kappa shape index (κ1) is 23.9. The Morgan fingerprint density at radius 3 is 2.21 bits per heavy atom. The van der Waals surface area contributed by atoms with E-state index in [0.717, 1.165) is 12.8 Å². The van der Waals surface area contributed by atoms with Gasteiger partial charge in [-0.25, -0.2) is 16.8 Å². The first-order valence-corrected chi connectivity index (χ1v) is 14.0. The lowest BCUT2D eigenvalue weighted by molar-refractivity contribution is -0.116. The zero-order valence-electron chi connectivity index (χ0n) is 18.6. The summed E-state index contributed by atoms with van der Waals surface area (Å²) in [5, 5.41) is 2.72. The van der Waals surface area contributed by atoms with Gasteiger partial charge in [-0.3, -0.25) is 4.79 Å². The minimum atomic E-state index is -3.96. The number of hydrogen-bond acceptors (Lipinski definition) is 5. The van der Waals surface area contributed by atoms with Crippen LogP contribution in [-0.2, 0) is 24.8 Å². The fourth-order valence-electron chi connectivity index (χ4n) is 4.07. The number of hydrogen-bond donors (Lipinski definition) is 1. The van der Waals surface area contributed by atoms with Crippen molar-refractivity contribution in [1.82, 2.24) is 8.61 Å². The number of amides is 1. The highest BCUT2D eigenvalue weighted by molar-refractivity contribution is 7.89. The topological polar surface area (TPSA) is 104 Å². The molecule has 10 heteroatoms. The number of anilines is 1. The first-order valence-electron chi connectivity index (χ1n) is 11.1. The summed E-state index contributed by atoms with van der Waals surface area (Å²) in [7, 11) is -7.63. The molecule has 1 unspecified atom stereocenters. The zero-order valence-corrected chi connectivity index (χ0v) is 20.2. The number of nitrogens with zero attached hydrogens (tertiary/aromatic N) is 2. The molecular weight excluding hydrogens is 462 g/mol. The molecule has 0 spiro atoms. The van der Waals surface area contributed by atoms with Crippen LogP contribution in [-0.4, -0.2) is 57.0 Å². The molecule has 2 aromatic carbocycles. The highest BCUT2D eigenvalue weighted by Gasteiger charge is 2.39.